The zero-order valence-corrected chi connectivity index (χ0v) is 30.2. The molecule has 0 unspecified atom stereocenters. The molecular weight excluding hydrogens is 724 g/mol. The van der Waals surface area contributed by atoms with Gasteiger partial charge in [0.2, 0.25) is 0 Å². The highest BCUT2D eigenvalue weighted by atomic mass is 19.2. The Hall–Kier alpha value is -4.88. The summed E-state index contributed by atoms with van der Waals surface area (Å²) in [4.78, 5) is 39.5. The van der Waals surface area contributed by atoms with Crippen molar-refractivity contribution in [2.24, 2.45) is 0 Å². The molecule has 296 valence electrons. The lowest BCUT2D eigenvalue weighted by Crippen LogP contribution is -2.51. The van der Waals surface area contributed by atoms with E-state index < -0.39 is 34.9 Å². The van der Waals surface area contributed by atoms with E-state index in [2.05, 4.69) is 26.1 Å². The number of aliphatic hydroxyl groups is 1. The van der Waals surface area contributed by atoms with Crippen LogP contribution in [-0.4, -0.2) is 137 Å². The lowest BCUT2D eigenvalue weighted by Gasteiger charge is -2.21. The Kier molecular flexibility index (Phi) is 16.4. The van der Waals surface area contributed by atoms with Crippen molar-refractivity contribution in [3.05, 3.63) is 94.7 Å². The van der Waals surface area contributed by atoms with Crippen molar-refractivity contribution in [1.82, 2.24) is 26.1 Å². The number of ketones is 1. The molecule has 5 N–H and O–H groups in total. The van der Waals surface area contributed by atoms with Crippen LogP contribution in [0.4, 0.5) is 8.78 Å². The summed E-state index contributed by atoms with van der Waals surface area (Å²) in [5.41, 5.74) is 0.839. The van der Waals surface area contributed by atoms with Crippen LogP contribution in [0.5, 0.6) is 5.75 Å². The van der Waals surface area contributed by atoms with E-state index in [4.69, 9.17) is 33.5 Å². The van der Waals surface area contributed by atoms with Gasteiger partial charge in [0.05, 0.1) is 96.5 Å². The summed E-state index contributed by atoms with van der Waals surface area (Å²) < 4.78 is 61.6. The monoisotopic (exact) mass is 769 g/mol. The van der Waals surface area contributed by atoms with Gasteiger partial charge in [-0.05, 0) is 36.4 Å². The molecule has 1 aliphatic rings. The van der Waals surface area contributed by atoms with E-state index in [0.29, 0.717) is 64.9 Å². The molecule has 1 aliphatic heterocycles. The molecule has 1 saturated heterocycles. The van der Waals surface area contributed by atoms with E-state index in [1.807, 2.05) is 0 Å². The van der Waals surface area contributed by atoms with Crippen LogP contribution in [0.15, 0.2) is 60.8 Å². The summed E-state index contributed by atoms with van der Waals surface area (Å²) in [5, 5.41) is 25.4. The van der Waals surface area contributed by atoms with Gasteiger partial charge in [0, 0.05) is 35.2 Å². The molecule has 0 bridgehead atoms. The van der Waals surface area contributed by atoms with Gasteiger partial charge in [-0.2, -0.15) is 5.10 Å². The van der Waals surface area contributed by atoms with Crippen LogP contribution in [0.25, 0.3) is 10.9 Å². The molecule has 2 atom stereocenters. The third kappa shape index (κ3) is 12.3. The zero-order chi connectivity index (χ0) is 38.8. The third-order valence-corrected chi connectivity index (χ3v) is 8.45. The van der Waals surface area contributed by atoms with Gasteiger partial charge in [-0.3, -0.25) is 19.5 Å². The summed E-state index contributed by atoms with van der Waals surface area (Å²) in [5.74, 6) is -4.29. The molecule has 3 aromatic carbocycles. The number of ether oxygens (including phenoxy) is 6. The Balaban J connectivity index is 1.03. The number of carbonyl (C=O) groups is 3. The number of rotatable bonds is 24. The van der Waals surface area contributed by atoms with Crippen molar-refractivity contribution in [2.45, 2.75) is 12.1 Å². The van der Waals surface area contributed by atoms with E-state index in [0.717, 1.165) is 17.0 Å². The lowest BCUT2D eigenvalue weighted by molar-refractivity contribution is -0.0146. The average Bonchev–Trinajstić information content (AvgIpc) is 3.86. The van der Waals surface area contributed by atoms with Crippen LogP contribution >= 0.6 is 0 Å². The summed E-state index contributed by atoms with van der Waals surface area (Å²) in [6.07, 6.45) is 1.66. The van der Waals surface area contributed by atoms with Crippen molar-refractivity contribution < 1.29 is 56.7 Å². The van der Waals surface area contributed by atoms with Gasteiger partial charge in [-0.25, -0.2) is 8.78 Å². The molecule has 55 heavy (non-hydrogen) atoms. The molecule has 1 aromatic heterocycles. The van der Waals surface area contributed by atoms with Gasteiger partial charge in [-0.1, -0.05) is 18.2 Å². The second kappa shape index (κ2) is 21.9. The number of halogens is 2. The van der Waals surface area contributed by atoms with Crippen molar-refractivity contribution >= 4 is 28.5 Å². The molecule has 15 nitrogen and oxygen atoms in total. The molecule has 0 saturated carbocycles. The van der Waals surface area contributed by atoms with E-state index in [-0.39, 0.29) is 61.9 Å². The van der Waals surface area contributed by atoms with E-state index >= 15 is 0 Å². The van der Waals surface area contributed by atoms with Gasteiger partial charge in [0.1, 0.15) is 17.9 Å². The fourth-order valence-corrected chi connectivity index (χ4v) is 5.60. The quantitative estimate of drug-likeness (QED) is 0.0516. The van der Waals surface area contributed by atoms with Gasteiger partial charge in [0.15, 0.2) is 17.4 Å². The number of fused-ring (bicyclic) bond motifs is 1. The number of hydrogen-bond acceptors (Lipinski definition) is 12. The highest BCUT2D eigenvalue weighted by molar-refractivity contribution is 6.11. The fourth-order valence-electron chi connectivity index (χ4n) is 5.60. The minimum absolute atomic E-state index is 0.0153. The van der Waals surface area contributed by atoms with E-state index in [1.165, 1.54) is 30.3 Å². The van der Waals surface area contributed by atoms with Gasteiger partial charge >= 0.3 is 0 Å². The van der Waals surface area contributed by atoms with Crippen molar-refractivity contribution in [3.63, 3.8) is 0 Å². The van der Waals surface area contributed by atoms with Crippen LogP contribution in [0.3, 0.4) is 0 Å². The number of nitrogens with zero attached hydrogens (tertiary/aromatic N) is 1. The SMILES string of the molecule is O=C(N[C@@H]1CNC[C@H]1NC(=O)c1ccc2cn[nH]c2c1)c1ccc(C(=O)c2c(OCCOCCOCCOCCOCCOCCO)ccc(F)c2F)cc1. The Bertz CT molecular complexity index is 1840. The van der Waals surface area contributed by atoms with Gasteiger partial charge in [0.25, 0.3) is 11.8 Å². The first-order valence-corrected chi connectivity index (χ1v) is 17.9. The maximum atomic E-state index is 15.0. The molecule has 0 spiro atoms. The number of benzene rings is 3. The number of aliphatic hydroxyl groups excluding tert-OH is 1. The molecule has 1 fully saturated rings. The summed E-state index contributed by atoms with van der Waals surface area (Å²) in [7, 11) is 0. The summed E-state index contributed by atoms with van der Waals surface area (Å²) >= 11 is 0. The number of nitrogens with one attached hydrogen (secondary N) is 4. The Labute approximate surface area is 315 Å². The topological polar surface area (TPSA) is 192 Å². The van der Waals surface area contributed by atoms with Crippen LogP contribution < -0.4 is 20.7 Å². The molecule has 0 radical (unpaired) electrons. The zero-order valence-electron chi connectivity index (χ0n) is 30.2. The van der Waals surface area contributed by atoms with Crippen LogP contribution in [0.2, 0.25) is 0 Å². The summed E-state index contributed by atoms with van der Waals surface area (Å²) in [6.45, 7) is 4.10. The molecule has 4 aromatic rings. The minimum atomic E-state index is -1.36. The standard InChI is InChI=1S/C38H45F2N5O10/c39-29-7-8-33(55-20-19-54-18-17-53-16-15-52-14-13-51-12-11-50-10-9-46)34(35(29)40)36(47)25-1-3-26(4-2-25)37(48)43-31-23-41-24-32(31)44-38(49)27-5-6-28-22-42-45-30(28)21-27/h1-8,21-22,31-32,41,46H,9-20,23-24H2,(H,42,45)(H,43,48)(H,44,49)/t31-,32-/m1/s1. The normalized spacial score (nSPS) is 15.3. The number of aromatic nitrogens is 2. The number of amides is 2. The van der Waals surface area contributed by atoms with Crippen molar-refractivity contribution in [2.75, 3.05) is 92.4 Å². The Morgan fingerprint density at radius 2 is 1.22 bits per heavy atom. The third-order valence-electron chi connectivity index (χ3n) is 8.45. The number of carbonyl (C=O) groups excluding carboxylic acids is 3. The highest BCUT2D eigenvalue weighted by Crippen LogP contribution is 2.27. The second-order valence-corrected chi connectivity index (χ2v) is 12.3. The highest BCUT2D eigenvalue weighted by Gasteiger charge is 2.30. The number of hydrogen-bond donors (Lipinski definition) is 5. The van der Waals surface area contributed by atoms with Crippen LogP contribution in [0.1, 0.15) is 36.6 Å². The van der Waals surface area contributed by atoms with Crippen molar-refractivity contribution in [3.8, 4) is 5.75 Å². The first-order valence-electron chi connectivity index (χ1n) is 17.9. The predicted molar refractivity (Wildman–Crippen MR) is 194 cm³/mol. The lowest BCUT2D eigenvalue weighted by atomic mass is 10.00. The summed E-state index contributed by atoms with van der Waals surface area (Å²) in [6, 6.07) is 12.0. The molecule has 2 heterocycles. The van der Waals surface area contributed by atoms with Crippen molar-refractivity contribution in [1.29, 1.82) is 0 Å². The van der Waals surface area contributed by atoms with Crippen LogP contribution in [0, 0.1) is 11.6 Å². The van der Waals surface area contributed by atoms with Gasteiger partial charge < -0.3 is 49.5 Å². The largest absolute Gasteiger partial charge is 0.490 e. The number of H-pyrrole nitrogens is 1. The molecule has 2 amide bonds. The first-order chi connectivity index (χ1) is 26.9. The molecular formula is C38H45F2N5O10. The van der Waals surface area contributed by atoms with E-state index in [9.17, 15) is 23.2 Å². The Morgan fingerprint density at radius 3 is 1.82 bits per heavy atom. The maximum absolute atomic E-state index is 15.0. The fraction of sp³-hybridized carbons (Fsp3) is 0.421. The maximum Gasteiger partial charge on any atom is 0.251 e. The first kappa shape index (κ1) is 41.3. The smallest absolute Gasteiger partial charge is 0.251 e. The van der Waals surface area contributed by atoms with Gasteiger partial charge in [-0.15, -0.1) is 0 Å². The molecule has 5 rings (SSSR count). The van der Waals surface area contributed by atoms with E-state index in [1.54, 1.807) is 24.4 Å². The molecule has 0 aliphatic carbocycles. The minimum Gasteiger partial charge on any atom is -0.490 e. The number of aromatic amines is 1. The van der Waals surface area contributed by atoms with Crippen LogP contribution in [-0.2, 0) is 23.7 Å². The Morgan fingerprint density at radius 1 is 0.691 bits per heavy atom. The average molecular weight is 770 g/mol. The second-order valence-electron chi connectivity index (χ2n) is 12.3. The predicted octanol–water partition coefficient (Wildman–Crippen LogP) is 2.03. The molecule has 17 heteroatoms.